The van der Waals surface area contributed by atoms with Crippen LogP contribution in [-0.2, 0) is 12.7 Å². The Labute approximate surface area is 220 Å². The Morgan fingerprint density at radius 2 is 1.95 bits per heavy atom. The van der Waals surface area contributed by atoms with Crippen LogP contribution in [0.25, 0.3) is 5.52 Å². The van der Waals surface area contributed by atoms with Crippen molar-refractivity contribution >= 4 is 5.52 Å². The van der Waals surface area contributed by atoms with Crippen molar-refractivity contribution in [1.82, 2.24) is 29.6 Å². The minimum atomic E-state index is -4.60. The van der Waals surface area contributed by atoms with Gasteiger partial charge in [-0.15, -0.1) is 0 Å². The molecule has 2 N–H and O–H groups in total. The molecule has 2 aromatic heterocycles. The summed E-state index contributed by atoms with van der Waals surface area (Å²) in [6.07, 6.45) is 3.79. The molecule has 7 nitrogen and oxygen atoms in total. The van der Waals surface area contributed by atoms with Gasteiger partial charge in [-0.3, -0.25) is 18.8 Å². The van der Waals surface area contributed by atoms with Crippen LogP contribution in [0.4, 0.5) is 17.6 Å². The molecule has 2 aliphatic heterocycles. The zero-order valence-electron chi connectivity index (χ0n) is 22.1. The molecule has 0 bridgehead atoms. The van der Waals surface area contributed by atoms with E-state index < -0.39 is 23.6 Å². The summed E-state index contributed by atoms with van der Waals surface area (Å²) in [6.45, 7) is 3.95. The van der Waals surface area contributed by atoms with Crippen molar-refractivity contribution in [1.29, 1.82) is 0 Å². The molecule has 3 unspecified atom stereocenters. The molecule has 210 valence electrons. The van der Waals surface area contributed by atoms with Gasteiger partial charge in [0.1, 0.15) is 6.17 Å². The number of nitrogens with zero attached hydrogens (tertiary/aromatic N) is 4. The lowest BCUT2D eigenvalue weighted by atomic mass is 9.51. The summed E-state index contributed by atoms with van der Waals surface area (Å²) in [5.74, 6) is 1.02. The highest BCUT2D eigenvalue weighted by atomic mass is 19.4. The van der Waals surface area contributed by atoms with Gasteiger partial charge in [-0.2, -0.15) is 13.2 Å². The standard InChI is InChI=1S/C27H38F4N6O/c1-17-10-26(11-17,24-33-32-16-34(24)2)19-4-3-5-21(9-19)36-15-23-22(27(29,30)31)8-18(13-37(23)25(36)38)12-35-7-6-20(28)14-35/h8,13,15,17,19-21,24,32-33H,3-7,9-12,14,16H2,1-2H3/t17?,19?,20-,21?,24?,26?/m0/s1. The number of fused-ring (bicyclic) bond motifs is 1. The van der Waals surface area contributed by atoms with E-state index in [9.17, 15) is 22.4 Å². The average molecular weight is 539 g/mol. The molecule has 0 spiro atoms. The zero-order chi connectivity index (χ0) is 26.8. The monoisotopic (exact) mass is 538 g/mol. The molecule has 0 radical (unpaired) electrons. The number of rotatable bonds is 5. The molecule has 4 fully saturated rings. The molecule has 2 aliphatic carbocycles. The Kier molecular flexibility index (Phi) is 6.64. The fraction of sp³-hybridized carbons (Fsp3) is 0.741. The van der Waals surface area contributed by atoms with Gasteiger partial charge in [0, 0.05) is 43.5 Å². The number of imidazole rings is 1. The summed E-state index contributed by atoms with van der Waals surface area (Å²) < 4.78 is 58.9. The highest BCUT2D eigenvalue weighted by molar-refractivity contribution is 5.56. The lowest BCUT2D eigenvalue weighted by Crippen LogP contribution is -2.60. The van der Waals surface area contributed by atoms with Gasteiger partial charge in [-0.1, -0.05) is 13.3 Å². The van der Waals surface area contributed by atoms with Crippen LogP contribution in [0.3, 0.4) is 0 Å². The molecular formula is C27H38F4N6O. The third kappa shape index (κ3) is 4.49. The van der Waals surface area contributed by atoms with Crippen LogP contribution >= 0.6 is 0 Å². The number of pyridine rings is 1. The zero-order valence-corrected chi connectivity index (χ0v) is 22.1. The number of nitrogens with one attached hydrogen (secondary N) is 2. The average Bonchev–Trinajstić information content (AvgIpc) is 3.55. The van der Waals surface area contributed by atoms with Crippen molar-refractivity contribution in [3.8, 4) is 0 Å². The van der Waals surface area contributed by atoms with Gasteiger partial charge >= 0.3 is 11.9 Å². The minimum Gasteiger partial charge on any atom is -0.296 e. The lowest BCUT2D eigenvalue weighted by Gasteiger charge is -2.57. The van der Waals surface area contributed by atoms with E-state index in [1.807, 2.05) is 4.90 Å². The van der Waals surface area contributed by atoms with E-state index in [1.165, 1.54) is 16.8 Å². The van der Waals surface area contributed by atoms with Gasteiger partial charge in [0.2, 0.25) is 0 Å². The number of likely N-dealkylation sites (tertiary alicyclic amines) is 1. The predicted molar refractivity (Wildman–Crippen MR) is 136 cm³/mol. The van der Waals surface area contributed by atoms with Gasteiger partial charge in [0.15, 0.2) is 0 Å². The van der Waals surface area contributed by atoms with Gasteiger partial charge in [0.25, 0.3) is 0 Å². The maximum Gasteiger partial charge on any atom is 0.418 e. The highest BCUT2D eigenvalue weighted by Gasteiger charge is 2.55. The number of alkyl halides is 4. The fourth-order valence-electron chi connectivity index (χ4n) is 8.03. The largest absolute Gasteiger partial charge is 0.418 e. The predicted octanol–water partition coefficient (Wildman–Crippen LogP) is 4.13. The summed E-state index contributed by atoms with van der Waals surface area (Å²) in [7, 11) is 2.11. The highest BCUT2D eigenvalue weighted by Crippen LogP contribution is 2.58. The molecular weight excluding hydrogens is 500 g/mol. The van der Waals surface area contributed by atoms with Crippen molar-refractivity contribution < 1.29 is 17.6 Å². The number of aromatic nitrogens is 2. The van der Waals surface area contributed by atoms with Crippen LogP contribution in [0.5, 0.6) is 0 Å². The Morgan fingerprint density at radius 3 is 2.58 bits per heavy atom. The van der Waals surface area contributed by atoms with Gasteiger partial charge in [-0.05, 0) is 69.0 Å². The quantitative estimate of drug-likeness (QED) is 0.561. The summed E-state index contributed by atoms with van der Waals surface area (Å²) in [6, 6.07) is 0.997. The maximum absolute atomic E-state index is 14.2. The first kappa shape index (κ1) is 26.3. The Bertz CT molecular complexity index is 1230. The van der Waals surface area contributed by atoms with E-state index in [4.69, 9.17) is 0 Å². The molecule has 4 aliphatic rings. The summed E-state index contributed by atoms with van der Waals surface area (Å²) in [5.41, 5.74) is 5.87. The van der Waals surface area contributed by atoms with E-state index in [2.05, 4.69) is 29.7 Å². The molecule has 2 aromatic rings. The third-order valence-electron chi connectivity index (χ3n) is 9.64. The lowest BCUT2D eigenvalue weighted by molar-refractivity contribution is -0.136. The maximum atomic E-state index is 14.2. The number of hydrazine groups is 1. The molecule has 6 rings (SSSR count). The summed E-state index contributed by atoms with van der Waals surface area (Å²) in [5, 5.41) is 0. The van der Waals surface area contributed by atoms with E-state index in [0.717, 1.165) is 51.3 Å². The fourth-order valence-corrected chi connectivity index (χ4v) is 8.03. The Hall–Kier alpha value is -1.95. The van der Waals surface area contributed by atoms with Crippen LogP contribution in [-0.4, -0.2) is 57.9 Å². The summed E-state index contributed by atoms with van der Waals surface area (Å²) in [4.78, 5) is 17.7. The number of hydrogen-bond acceptors (Lipinski definition) is 5. The SMILES string of the molecule is CC1CC(C2CCCC(n3cc4c(C(F)(F)F)cc(CN5CC[C@H](F)C5)cn4c3=O)C2)(C2NNCN2C)C1. The van der Waals surface area contributed by atoms with Gasteiger partial charge in [0.05, 0.1) is 23.9 Å². The van der Waals surface area contributed by atoms with Crippen LogP contribution in [0.2, 0.25) is 0 Å². The van der Waals surface area contributed by atoms with Crippen molar-refractivity contribution in [3.05, 3.63) is 40.1 Å². The van der Waals surface area contributed by atoms with Gasteiger partial charge < -0.3 is 0 Å². The second kappa shape index (κ2) is 9.60. The molecule has 38 heavy (non-hydrogen) atoms. The second-order valence-corrected chi connectivity index (χ2v) is 12.4. The Balaban J connectivity index is 1.33. The molecule has 0 amide bonds. The first-order valence-electron chi connectivity index (χ1n) is 13.9. The Morgan fingerprint density at radius 1 is 1.16 bits per heavy atom. The van der Waals surface area contributed by atoms with Crippen LogP contribution in [0, 0.1) is 17.3 Å². The third-order valence-corrected chi connectivity index (χ3v) is 9.64. The van der Waals surface area contributed by atoms with Crippen LogP contribution < -0.4 is 16.5 Å². The molecule has 2 saturated carbocycles. The minimum absolute atomic E-state index is 0.0907. The van der Waals surface area contributed by atoms with Crippen LogP contribution in [0.1, 0.15) is 69.0 Å². The molecule has 4 heterocycles. The second-order valence-electron chi connectivity index (χ2n) is 12.4. The molecule has 2 saturated heterocycles. The van der Waals surface area contributed by atoms with E-state index in [1.54, 1.807) is 4.57 Å². The molecule has 0 aromatic carbocycles. The van der Waals surface area contributed by atoms with Crippen LogP contribution in [0.15, 0.2) is 23.3 Å². The molecule has 11 heteroatoms. The first-order chi connectivity index (χ1) is 18.0. The van der Waals surface area contributed by atoms with E-state index in [-0.39, 0.29) is 36.2 Å². The number of hydrogen-bond donors (Lipinski definition) is 2. The van der Waals surface area contributed by atoms with E-state index in [0.29, 0.717) is 30.4 Å². The van der Waals surface area contributed by atoms with Crippen molar-refractivity contribution in [2.24, 2.45) is 17.3 Å². The van der Waals surface area contributed by atoms with Gasteiger partial charge in [-0.25, -0.2) is 20.0 Å². The van der Waals surface area contributed by atoms with E-state index >= 15 is 0 Å². The van der Waals surface area contributed by atoms with Crippen molar-refractivity contribution in [2.75, 3.05) is 26.8 Å². The smallest absolute Gasteiger partial charge is 0.296 e. The topological polar surface area (TPSA) is 57.0 Å². The summed E-state index contributed by atoms with van der Waals surface area (Å²) >= 11 is 0. The first-order valence-corrected chi connectivity index (χ1v) is 13.9. The van der Waals surface area contributed by atoms with Crippen molar-refractivity contribution in [3.63, 3.8) is 0 Å². The number of halogens is 4. The molecule has 4 atom stereocenters. The van der Waals surface area contributed by atoms with Crippen molar-refractivity contribution in [2.45, 2.75) is 83.0 Å². The normalized spacial score (nSPS) is 35.3.